The van der Waals surface area contributed by atoms with E-state index in [1.807, 2.05) is 13.0 Å². The van der Waals surface area contributed by atoms with Crippen LogP contribution in [0.25, 0.3) is 10.9 Å². The third-order valence-corrected chi connectivity index (χ3v) is 6.83. The van der Waals surface area contributed by atoms with Crippen molar-refractivity contribution in [3.05, 3.63) is 107 Å². The van der Waals surface area contributed by atoms with Gasteiger partial charge in [-0.05, 0) is 64.3 Å². The second kappa shape index (κ2) is 12.3. The summed E-state index contributed by atoms with van der Waals surface area (Å²) in [6.07, 6.45) is 3.61. The summed E-state index contributed by atoms with van der Waals surface area (Å²) >= 11 is 6.72. The number of carbonyl (C=O) groups is 1. The molecule has 1 aromatic heterocycles. The number of nitro groups is 1. The quantitative estimate of drug-likeness (QED) is 0.119. The Kier molecular flexibility index (Phi) is 8.87. The van der Waals surface area contributed by atoms with Crippen LogP contribution in [0, 0.1) is 10.1 Å². The van der Waals surface area contributed by atoms with Crippen molar-refractivity contribution in [3.63, 3.8) is 0 Å². The molecule has 1 N–H and O–H groups in total. The Morgan fingerprint density at radius 3 is 2.72 bits per heavy atom. The van der Waals surface area contributed by atoms with Crippen LogP contribution in [0.1, 0.15) is 47.1 Å². The number of fused-ring (bicyclic) bond motifs is 1. The van der Waals surface area contributed by atoms with E-state index in [1.54, 1.807) is 30.3 Å². The first kappa shape index (κ1) is 28.1. The van der Waals surface area contributed by atoms with Crippen molar-refractivity contribution in [1.82, 2.24) is 9.66 Å². The molecule has 200 valence electrons. The number of hydrogen-bond acceptors (Lipinski definition) is 7. The van der Waals surface area contributed by atoms with E-state index >= 15 is 0 Å². The van der Waals surface area contributed by atoms with E-state index in [1.165, 1.54) is 29.1 Å². The number of aromatic carboxylic acids is 1. The predicted molar refractivity (Wildman–Crippen MR) is 154 cm³/mol. The highest BCUT2D eigenvalue weighted by molar-refractivity contribution is 9.10. The lowest BCUT2D eigenvalue weighted by molar-refractivity contribution is -0.386. The minimum Gasteiger partial charge on any atom is -0.481 e. The number of unbranched alkanes of at least 4 members (excludes halogenated alkanes) is 1. The molecule has 0 bridgehead atoms. The summed E-state index contributed by atoms with van der Waals surface area (Å²) < 4.78 is 7.97. The van der Waals surface area contributed by atoms with Crippen LogP contribution < -0.4 is 10.3 Å². The number of benzene rings is 3. The Bertz CT molecular complexity index is 1670. The molecular weight excluding hydrogens is 636 g/mol. The zero-order valence-corrected chi connectivity index (χ0v) is 23.8. The lowest BCUT2D eigenvalue weighted by atomic mass is 10.1. The van der Waals surface area contributed by atoms with Crippen LogP contribution >= 0.6 is 31.9 Å². The van der Waals surface area contributed by atoms with Crippen LogP contribution in [0.4, 0.5) is 5.69 Å². The normalized spacial score (nSPS) is 11.3. The van der Waals surface area contributed by atoms with Gasteiger partial charge in [0.25, 0.3) is 5.56 Å². The van der Waals surface area contributed by atoms with Crippen molar-refractivity contribution in [2.45, 2.75) is 32.8 Å². The van der Waals surface area contributed by atoms with Gasteiger partial charge in [-0.1, -0.05) is 41.4 Å². The van der Waals surface area contributed by atoms with Gasteiger partial charge >= 0.3 is 11.7 Å². The van der Waals surface area contributed by atoms with Gasteiger partial charge in [-0.25, -0.2) is 9.78 Å². The molecule has 4 rings (SSSR count). The first-order chi connectivity index (χ1) is 18.7. The van der Waals surface area contributed by atoms with Gasteiger partial charge in [-0.3, -0.25) is 14.9 Å². The Labute approximate surface area is 239 Å². The molecule has 0 aliphatic heterocycles. The lowest BCUT2D eigenvalue weighted by Gasteiger charge is -2.11. The van der Waals surface area contributed by atoms with Gasteiger partial charge in [0.15, 0.2) is 0 Å². The van der Waals surface area contributed by atoms with Crippen molar-refractivity contribution >= 4 is 60.6 Å². The van der Waals surface area contributed by atoms with Crippen molar-refractivity contribution in [2.24, 2.45) is 5.10 Å². The zero-order chi connectivity index (χ0) is 28.1. The standard InChI is InChI=1S/C27H22Br2N4O6/c1-2-3-7-24-31-22-9-8-19(28)13-20(22)26(34)32(24)30-14-17-11-21(29)25(23(12-17)33(37)38)39-15-16-5-4-6-18(10-16)27(35)36/h4-6,8-14H,2-3,7,15H2,1H3,(H,35,36). The molecule has 0 saturated heterocycles. The molecule has 39 heavy (non-hydrogen) atoms. The largest absolute Gasteiger partial charge is 0.481 e. The maximum Gasteiger partial charge on any atom is 0.335 e. The smallest absolute Gasteiger partial charge is 0.335 e. The third-order valence-electron chi connectivity index (χ3n) is 5.75. The average molecular weight is 658 g/mol. The van der Waals surface area contributed by atoms with E-state index in [0.717, 1.165) is 17.3 Å². The Hall–Kier alpha value is -3.90. The van der Waals surface area contributed by atoms with Crippen LogP contribution in [0.15, 0.2) is 73.4 Å². The fourth-order valence-corrected chi connectivity index (χ4v) is 4.78. The molecule has 0 fully saturated rings. The van der Waals surface area contributed by atoms with E-state index in [0.29, 0.717) is 38.7 Å². The van der Waals surface area contributed by atoms with Gasteiger partial charge in [0.05, 0.1) is 32.1 Å². The van der Waals surface area contributed by atoms with Gasteiger partial charge in [0.2, 0.25) is 5.75 Å². The molecule has 0 aliphatic rings. The van der Waals surface area contributed by atoms with Crippen LogP contribution in [0.3, 0.4) is 0 Å². The molecule has 1 heterocycles. The van der Waals surface area contributed by atoms with Crippen LogP contribution in [-0.4, -0.2) is 31.9 Å². The summed E-state index contributed by atoms with van der Waals surface area (Å²) in [5.41, 5.74) is 0.877. The summed E-state index contributed by atoms with van der Waals surface area (Å²) in [5.74, 6) is -0.611. The first-order valence-corrected chi connectivity index (χ1v) is 13.4. The number of carboxylic acids is 1. The second-order valence-corrected chi connectivity index (χ2v) is 10.3. The topological polar surface area (TPSA) is 137 Å². The summed E-state index contributed by atoms with van der Waals surface area (Å²) in [5, 5.41) is 25.8. The van der Waals surface area contributed by atoms with E-state index in [4.69, 9.17) is 4.74 Å². The maximum atomic E-state index is 13.3. The average Bonchev–Trinajstić information content (AvgIpc) is 2.91. The zero-order valence-electron chi connectivity index (χ0n) is 20.6. The molecule has 3 aromatic carbocycles. The molecule has 10 nitrogen and oxygen atoms in total. The molecule has 0 saturated carbocycles. The van der Waals surface area contributed by atoms with E-state index in [-0.39, 0.29) is 29.2 Å². The monoisotopic (exact) mass is 656 g/mol. The summed E-state index contributed by atoms with van der Waals surface area (Å²) in [6.45, 7) is 1.95. The van der Waals surface area contributed by atoms with Gasteiger partial charge in [-0.15, -0.1) is 0 Å². The lowest BCUT2D eigenvalue weighted by Crippen LogP contribution is -2.22. The third kappa shape index (κ3) is 6.58. The van der Waals surface area contributed by atoms with Crippen molar-refractivity contribution in [3.8, 4) is 5.75 Å². The summed E-state index contributed by atoms with van der Waals surface area (Å²) in [6, 6.07) is 14.3. The minimum absolute atomic E-state index is 0.0177. The number of carboxylic acid groups (broad SMARTS) is 1. The number of ether oxygens (including phenoxy) is 1. The molecule has 0 amide bonds. The predicted octanol–water partition coefficient (Wildman–Crippen LogP) is 6.33. The van der Waals surface area contributed by atoms with Gasteiger partial charge in [-0.2, -0.15) is 9.78 Å². The Morgan fingerprint density at radius 2 is 2.00 bits per heavy atom. The fourth-order valence-electron chi connectivity index (χ4n) is 3.84. The fraction of sp³-hybridized carbons (Fsp3) is 0.185. The number of hydrogen-bond donors (Lipinski definition) is 1. The van der Waals surface area contributed by atoms with Crippen LogP contribution in [0.2, 0.25) is 0 Å². The number of aromatic nitrogens is 2. The number of nitrogens with zero attached hydrogens (tertiary/aromatic N) is 4. The Balaban J connectivity index is 1.69. The number of nitro benzene ring substituents is 1. The molecule has 0 atom stereocenters. The number of aryl methyl sites for hydroxylation is 1. The van der Waals surface area contributed by atoms with Crippen LogP contribution in [0.5, 0.6) is 5.75 Å². The maximum absolute atomic E-state index is 13.3. The molecule has 4 aromatic rings. The highest BCUT2D eigenvalue weighted by atomic mass is 79.9. The van der Waals surface area contributed by atoms with E-state index < -0.39 is 10.9 Å². The molecule has 0 spiro atoms. The molecule has 12 heteroatoms. The molecular formula is C27H22Br2N4O6. The van der Waals surface area contributed by atoms with Crippen molar-refractivity contribution < 1.29 is 19.6 Å². The SMILES string of the molecule is CCCCc1nc2ccc(Br)cc2c(=O)n1N=Cc1cc(Br)c(OCc2cccc(C(=O)O)c2)c([N+](=O)[O-])c1. The van der Waals surface area contributed by atoms with E-state index in [2.05, 4.69) is 41.9 Å². The molecule has 0 unspecified atom stereocenters. The van der Waals surface area contributed by atoms with Gasteiger partial charge < -0.3 is 9.84 Å². The number of halogens is 2. The molecule has 0 radical (unpaired) electrons. The second-order valence-electron chi connectivity index (χ2n) is 8.56. The molecule has 0 aliphatic carbocycles. The van der Waals surface area contributed by atoms with Crippen molar-refractivity contribution in [1.29, 1.82) is 0 Å². The van der Waals surface area contributed by atoms with Gasteiger partial charge in [0.1, 0.15) is 12.4 Å². The minimum atomic E-state index is -1.08. The van der Waals surface area contributed by atoms with Gasteiger partial charge in [0, 0.05) is 22.5 Å². The highest BCUT2D eigenvalue weighted by Crippen LogP contribution is 2.36. The highest BCUT2D eigenvalue weighted by Gasteiger charge is 2.21. The first-order valence-electron chi connectivity index (χ1n) is 11.9. The number of rotatable bonds is 10. The van der Waals surface area contributed by atoms with E-state index in [9.17, 15) is 24.8 Å². The summed E-state index contributed by atoms with van der Waals surface area (Å²) in [4.78, 5) is 40.4. The van der Waals surface area contributed by atoms with Crippen molar-refractivity contribution in [2.75, 3.05) is 0 Å². The summed E-state index contributed by atoms with van der Waals surface area (Å²) in [7, 11) is 0. The van der Waals surface area contributed by atoms with Crippen LogP contribution in [-0.2, 0) is 13.0 Å². The Morgan fingerprint density at radius 1 is 1.21 bits per heavy atom.